The SMILES string of the molecule is C[C@]12CCC(=O)C=C1CC[C@@H]1[C@H]2CC[C@]2(C)C(C(=O)NCCc3ccc(O)cc3)CC[C@@H]12. The number of aromatic hydroxyl groups is 1. The van der Waals surface area contributed by atoms with Gasteiger partial charge in [-0.3, -0.25) is 9.59 Å². The molecule has 4 nitrogen and oxygen atoms in total. The second-order valence-electron chi connectivity index (χ2n) is 11.4. The monoisotopic (exact) mass is 435 g/mol. The van der Waals surface area contributed by atoms with Crippen molar-refractivity contribution in [3.63, 3.8) is 0 Å². The third-order valence-corrected chi connectivity index (χ3v) is 9.93. The van der Waals surface area contributed by atoms with Crippen LogP contribution in [-0.4, -0.2) is 23.3 Å². The number of amides is 1. The Morgan fingerprint density at radius 2 is 1.81 bits per heavy atom. The van der Waals surface area contributed by atoms with Crippen LogP contribution in [0.4, 0.5) is 0 Å². The van der Waals surface area contributed by atoms with Crippen LogP contribution in [0.5, 0.6) is 5.75 Å². The third-order valence-electron chi connectivity index (χ3n) is 9.93. The molecule has 172 valence electrons. The van der Waals surface area contributed by atoms with Crippen molar-refractivity contribution >= 4 is 11.7 Å². The first kappa shape index (κ1) is 21.7. The molecule has 32 heavy (non-hydrogen) atoms. The minimum Gasteiger partial charge on any atom is -0.508 e. The Kier molecular flexibility index (Phi) is 5.46. The fourth-order valence-electron chi connectivity index (χ4n) is 8.11. The van der Waals surface area contributed by atoms with Crippen molar-refractivity contribution in [1.29, 1.82) is 0 Å². The van der Waals surface area contributed by atoms with Gasteiger partial charge >= 0.3 is 0 Å². The van der Waals surface area contributed by atoms with Gasteiger partial charge in [-0.05, 0) is 104 Å². The molecule has 0 aliphatic heterocycles. The molecule has 6 atom stereocenters. The number of benzene rings is 1. The van der Waals surface area contributed by atoms with Gasteiger partial charge in [0, 0.05) is 18.9 Å². The van der Waals surface area contributed by atoms with Crippen LogP contribution in [-0.2, 0) is 16.0 Å². The summed E-state index contributed by atoms with van der Waals surface area (Å²) in [6.07, 6.45) is 11.2. The molecule has 1 amide bonds. The number of nitrogens with one attached hydrogen (secondary N) is 1. The zero-order chi connectivity index (χ0) is 22.5. The van der Waals surface area contributed by atoms with E-state index in [0.717, 1.165) is 37.7 Å². The quantitative estimate of drug-likeness (QED) is 0.683. The van der Waals surface area contributed by atoms with Crippen molar-refractivity contribution in [2.45, 2.75) is 71.6 Å². The van der Waals surface area contributed by atoms with Crippen molar-refractivity contribution in [3.8, 4) is 5.75 Å². The van der Waals surface area contributed by atoms with Gasteiger partial charge in [-0.15, -0.1) is 0 Å². The summed E-state index contributed by atoms with van der Waals surface area (Å²) in [6, 6.07) is 7.24. The molecule has 4 heteroatoms. The lowest BCUT2D eigenvalue weighted by atomic mass is 9.47. The maximum atomic E-state index is 13.2. The van der Waals surface area contributed by atoms with Crippen LogP contribution in [0.15, 0.2) is 35.9 Å². The lowest BCUT2D eigenvalue weighted by Gasteiger charge is -2.58. The molecule has 5 rings (SSSR count). The zero-order valence-electron chi connectivity index (χ0n) is 19.5. The minimum absolute atomic E-state index is 0.103. The van der Waals surface area contributed by atoms with Gasteiger partial charge in [0.05, 0.1) is 0 Å². The number of ketones is 1. The van der Waals surface area contributed by atoms with Gasteiger partial charge in [0.1, 0.15) is 5.75 Å². The Bertz CT molecular complexity index is 935. The molecule has 0 radical (unpaired) electrons. The number of hydrogen-bond acceptors (Lipinski definition) is 3. The fraction of sp³-hybridized carbons (Fsp3) is 0.643. The highest BCUT2D eigenvalue weighted by atomic mass is 16.3. The summed E-state index contributed by atoms with van der Waals surface area (Å²) < 4.78 is 0. The molecule has 1 aromatic carbocycles. The largest absolute Gasteiger partial charge is 0.508 e. The Morgan fingerprint density at radius 3 is 2.59 bits per heavy atom. The van der Waals surface area contributed by atoms with Crippen LogP contribution in [0.25, 0.3) is 0 Å². The second kappa shape index (κ2) is 8.04. The van der Waals surface area contributed by atoms with Crippen molar-refractivity contribution in [3.05, 3.63) is 41.5 Å². The number of fused-ring (bicyclic) bond motifs is 5. The molecule has 4 aliphatic carbocycles. The highest BCUT2D eigenvalue weighted by Gasteiger charge is 2.60. The Hall–Kier alpha value is -2.10. The lowest BCUT2D eigenvalue weighted by Crippen LogP contribution is -2.52. The van der Waals surface area contributed by atoms with E-state index in [1.165, 1.54) is 24.8 Å². The van der Waals surface area contributed by atoms with E-state index in [-0.39, 0.29) is 28.4 Å². The van der Waals surface area contributed by atoms with Gasteiger partial charge < -0.3 is 10.4 Å². The van der Waals surface area contributed by atoms with Crippen molar-refractivity contribution in [2.24, 2.45) is 34.5 Å². The highest BCUT2D eigenvalue weighted by molar-refractivity contribution is 5.91. The number of phenols is 1. The van der Waals surface area contributed by atoms with Crippen LogP contribution >= 0.6 is 0 Å². The molecule has 3 fully saturated rings. The summed E-state index contributed by atoms with van der Waals surface area (Å²) >= 11 is 0. The average molecular weight is 436 g/mol. The van der Waals surface area contributed by atoms with E-state index in [0.29, 0.717) is 36.5 Å². The number of allylic oxidation sites excluding steroid dienone is 1. The zero-order valence-corrected chi connectivity index (χ0v) is 19.5. The summed E-state index contributed by atoms with van der Waals surface area (Å²) in [5.41, 5.74) is 2.85. The topological polar surface area (TPSA) is 66.4 Å². The number of phenolic OH excluding ortho intramolecular Hbond substituents is 1. The predicted octanol–water partition coefficient (Wildman–Crippen LogP) is 5.20. The molecule has 0 saturated heterocycles. The van der Waals surface area contributed by atoms with Gasteiger partial charge in [0.2, 0.25) is 5.91 Å². The molecule has 0 aromatic heterocycles. The Balaban J connectivity index is 1.25. The van der Waals surface area contributed by atoms with Gasteiger partial charge in [-0.2, -0.15) is 0 Å². The Morgan fingerprint density at radius 1 is 1.03 bits per heavy atom. The minimum atomic E-state index is 0.103. The van der Waals surface area contributed by atoms with Crippen molar-refractivity contribution in [1.82, 2.24) is 5.32 Å². The molecule has 3 saturated carbocycles. The molecular weight excluding hydrogens is 398 g/mol. The number of carbonyl (C=O) groups is 2. The lowest BCUT2D eigenvalue weighted by molar-refractivity contribution is -0.132. The Labute approximate surface area is 191 Å². The second-order valence-corrected chi connectivity index (χ2v) is 11.4. The number of rotatable bonds is 4. The van der Waals surface area contributed by atoms with E-state index in [4.69, 9.17) is 0 Å². The summed E-state index contributed by atoms with van der Waals surface area (Å²) in [5.74, 6) is 2.94. The highest BCUT2D eigenvalue weighted by Crippen LogP contribution is 2.66. The van der Waals surface area contributed by atoms with E-state index >= 15 is 0 Å². The predicted molar refractivity (Wildman–Crippen MR) is 125 cm³/mol. The smallest absolute Gasteiger partial charge is 0.223 e. The first-order valence-electron chi connectivity index (χ1n) is 12.6. The van der Waals surface area contributed by atoms with Crippen molar-refractivity contribution in [2.75, 3.05) is 6.54 Å². The average Bonchev–Trinajstić information content (AvgIpc) is 3.13. The summed E-state index contributed by atoms with van der Waals surface area (Å²) in [7, 11) is 0. The van der Waals surface area contributed by atoms with Gasteiger partial charge in [0.15, 0.2) is 5.78 Å². The van der Waals surface area contributed by atoms with Crippen LogP contribution in [0.2, 0.25) is 0 Å². The van der Waals surface area contributed by atoms with Crippen LogP contribution < -0.4 is 5.32 Å². The standard InChI is InChI=1S/C28H37NO3/c1-27-14-11-21(31)17-19(27)5-8-22-23-9-10-25(28(23,2)15-12-24(22)27)26(32)29-16-13-18-3-6-20(30)7-4-18/h3-4,6-7,17,22-25,30H,5,8-16H2,1-2H3,(H,29,32)/t22-,23-,24+,25?,27-,28-/m0/s1. The third kappa shape index (κ3) is 3.50. The maximum absolute atomic E-state index is 13.2. The fourth-order valence-corrected chi connectivity index (χ4v) is 8.11. The molecule has 1 unspecified atom stereocenters. The first-order valence-corrected chi connectivity index (χ1v) is 12.6. The van der Waals surface area contributed by atoms with Gasteiger partial charge in [0.25, 0.3) is 0 Å². The van der Waals surface area contributed by atoms with Crippen molar-refractivity contribution < 1.29 is 14.7 Å². The first-order chi connectivity index (χ1) is 15.3. The molecule has 0 bridgehead atoms. The summed E-state index contributed by atoms with van der Waals surface area (Å²) in [6.45, 7) is 5.46. The molecule has 0 spiro atoms. The van der Waals surface area contributed by atoms with E-state index in [1.807, 2.05) is 18.2 Å². The molecule has 4 aliphatic rings. The molecule has 0 heterocycles. The number of hydrogen-bond donors (Lipinski definition) is 2. The van der Waals surface area contributed by atoms with Crippen LogP contribution in [0, 0.1) is 34.5 Å². The van der Waals surface area contributed by atoms with Gasteiger partial charge in [-0.1, -0.05) is 31.6 Å². The van der Waals surface area contributed by atoms with E-state index in [9.17, 15) is 14.7 Å². The summed E-state index contributed by atoms with van der Waals surface area (Å²) in [5, 5.41) is 12.7. The van der Waals surface area contributed by atoms with E-state index in [2.05, 4.69) is 19.2 Å². The normalized spacial score (nSPS) is 38.3. The maximum Gasteiger partial charge on any atom is 0.223 e. The molecule has 1 aromatic rings. The van der Waals surface area contributed by atoms with Crippen LogP contribution in [0.1, 0.15) is 70.8 Å². The molecule has 2 N–H and O–H groups in total. The van der Waals surface area contributed by atoms with E-state index in [1.54, 1.807) is 12.1 Å². The molecular formula is C28H37NO3. The van der Waals surface area contributed by atoms with Gasteiger partial charge in [-0.25, -0.2) is 0 Å². The van der Waals surface area contributed by atoms with E-state index < -0.39 is 0 Å². The van der Waals surface area contributed by atoms with Crippen LogP contribution in [0.3, 0.4) is 0 Å². The summed E-state index contributed by atoms with van der Waals surface area (Å²) in [4.78, 5) is 25.3. The number of carbonyl (C=O) groups excluding carboxylic acids is 2.